The van der Waals surface area contributed by atoms with Crippen molar-refractivity contribution in [3.05, 3.63) is 52.0 Å². The molecule has 4 heteroatoms. The SMILES string of the molecule is O=C(Nc1ccccc1)c1ccc(I)o1. The minimum Gasteiger partial charge on any atom is -0.445 e. The zero-order valence-corrected chi connectivity index (χ0v) is 9.89. The van der Waals surface area contributed by atoms with Gasteiger partial charge in [0.1, 0.15) is 0 Å². The predicted molar refractivity (Wildman–Crippen MR) is 65.8 cm³/mol. The number of halogens is 1. The van der Waals surface area contributed by atoms with Gasteiger partial charge in [0.15, 0.2) is 9.53 Å². The molecule has 0 unspecified atom stereocenters. The molecule has 1 amide bonds. The van der Waals surface area contributed by atoms with Gasteiger partial charge in [-0.25, -0.2) is 0 Å². The van der Waals surface area contributed by atoms with Gasteiger partial charge in [-0.15, -0.1) is 0 Å². The summed E-state index contributed by atoms with van der Waals surface area (Å²) in [4.78, 5) is 11.6. The smallest absolute Gasteiger partial charge is 0.291 e. The van der Waals surface area contributed by atoms with Crippen LogP contribution in [0.15, 0.2) is 46.9 Å². The number of nitrogens with one attached hydrogen (secondary N) is 1. The molecule has 0 spiro atoms. The topological polar surface area (TPSA) is 42.2 Å². The summed E-state index contributed by atoms with van der Waals surface area (Å²) in [6.07, 6.45) is 0. The normalized spacial score (nSPS) is 9.93. The third kappa shape index (κ3) is 2.59. The molecular weight excluding hydrogens is 305 g/mol. The molecule has 0 aliphatic rings. The number of amides is 1. The Morgan fingerprint density at radius 3 is 2.47 bits per heavy atom. The molecule has 1 aromatic carbocycles. The fourth-order valence-electron chi connectivity index (χ4n) is 1.15. The lowest BCUT2D eigenvalue weighted by molar-refractivity contribution is 0.0995. The highest BCUT2D eigenvalue weighted by Crippen LogP contribution is 2.12. The minimum absolute atomic E-state index is 0.232. The highest BCUT2D eigenvalue weighted by Gasteiger charge is 2.09. The second-order valence-electron chi connectivity index (χ2n) is 2.92. The van der Waals surface area contributed by atoms with Crippen LogP contribution in [-0.2, 0) is 0 Å². The van der Waals surface area contributed by atoms with E-state index >= 15 is 0 Å². The van der Waals surface area contributed by atoms with Gasteiger partial charge in [-0.1, -0.05) is 18.2 Å². The Morgan fingerprint density at radius 2 is 1.87 bits per heavy atom. The molecule has 1 N–H and O–H groups in total. The van der Waals surface area contributed by atoms with Gasteiger partial charge >= 0.3 is 0 Å². The van der Waals surface area contributed by atoms with E-state index < -0.39 is 0 Å². The number of para-hydroxylation sites is 1. The van der Waals surface area contributed by atoms with E-state index in [2.05, 4.69) is 5.32 Å². The fraction of sp³-hybridized carbons (Fsp3) is 0. The molecule has 0 atom stereocenters. The van der Waals surface area contributed by atoms with Crippen LogP contribution in [0.4, 0.5) is 5.69 Å². The summed E-state index contributed by atoms with van der Waals surface area (Å²) in [7, 11) is 0. The number of benzene rings is 1. The number of rotatable bonds is 2. The van der Waals surface area contributed by atoms with E-state index in [0.717, 1.165) is 5.69 Å². The van der Waals surface area contributed by atoms with Crippen LogP contribution in [-0.4, -0.2) is 5.91 Å². The first-order valence-corrected chi connectivity index (χ1v) is 5.45. The molecule has 15 heavy (non-hydrogen) atoms. The van der Waals surface area contributed by atoms with E-state index in [1.54, 1.807) is 12.1 Å². The average Bonchev–Trinajstić information content (AvgIpc) is 2.66. The van der Waals surface area contributed by atoms with E-state index in [-0.39, 0.29) is 5.91 Å². The summed E-state index contributed by atoms with van der Waals surface area (Å²) in [5, 5.41) is 2.74. The summed E-state index contributed by atoms with van der Waals surface area (Å²) in [5.41, 5.74) is 0.758. The molecule has 76 valence electrons. The third-order valence-electron chi connectivity index (χ3n) is 1.83. The number of furan rings is 1. The maximum absolute atomic E-state index is 11.6. The van der Waals surface area contributed by atoms with Crippen molar-refractivity contribution in [2.45, 2.75) is 0 Å². The van der Waals surface area contributed by atoms with Crippen LogP contribution in [0.5, 0.6) is 0 Å². The molecule has 0 aliphatic carbocycles. The van der Waals surface area contributed by atoms with Crippen LogP contribution in [0.25, 0.3) is 0 Å². The second kappa shape index (κ2) is 4.48. The van der Waals surface area contributed by atoms with Crippen molar-refractivity contribution < 1.29 is 9.21 Å². The highest BCUT2D eigenvalue weighted by molar-refractivity contribution is 14.1. The Hall–Kier alpha value is -1.30. The Morgan fingerprint density at radius 1 is 1.13 bits per heavy atom. The van der Waals surface area contributed by atoms with Crippen molar-refractivity contribution in [3.8, 4) is 0 Å². The standard InChI is InChI=1S/C11H8INO2/c12-10-7-6-9(15-10)11(14)13-8-4-2-1-3-5-8/h1-7H,(H,13,14). The van der Waals surface area contributed by atoms with E-state index in [1.807, 2.05) is 52.9 Å². The zero-order chi connectivity index (χ0) is 10.7. The lowest BCUT2D eigenvalue weighted by Gasteiger charge is -2.01. The Balaban J connectivity index is 2.11. The summed E-state index contributed by atoms with van der Waals surface area (Å²) in [5.74, 6) is 0.0902. The van der Waals surface area contributed by atoms with Gasteiger partial charge in [0, 0.05) is 5.69 Å². The summed E-state index contributed by atoms with van der Waals surface area (Å²) < 4.78 is 5.89. The molecule has 2 aromatic rings. The van der Waals surface area contributed by atoms with E-state index in [1.165, 1.54) is 0 Å². The lowest BCUT2D eigenvalue weighted by Crippen LogP contribution is -2.10. The molecule has 0 bridgehead atoms. The summed E-state index contributed by atoms with van der Waals surface area (Å²) >= 11 is 2.02. The molecule has 0 saturated carbocycles. The van der Waals surface area contributed by atoms with Gasteiger partial charge in [0.2, 0.25) is 0 Å². The number of carbonyl (C=O) groups excluding carboxylic acids is 1. The van der Waals surface area contributed by atoms with Gasteiger partial charge in [-0.05, 0) is 46.9 Å². The van der Waals surface area contributed by atoms with Crippen molar-refractivity contribution in [2.75, 3.05) is 5.32 Å². The Bertz CT molecular complexity index is 464. The molecule has 0 fully saturated rings. The van der Waals surface area contributed by atoms with Crippen LogP contribution in [0.2, 0.25) is 0 Å². The first-order valence-electron chi connectivity index (χ1n) is 4.37. The largest absolute Gasteiger partial charge is 0.445 e. The molecule has 3 nitrogen and oxygen atoms in total. The maximum atomic E-state index is 11.6. The summed E-state index contributed by atoms with van der Waals surface area (Å²) in [6, 6.07) is 12.7. The van der Waals surface area contributed by atoms with Gasteiger partial charge < -0.3 is 9.73 Å². The number of carbonyl (C=O) groups is 1. The van der Waals surface area contributed by atoms with Crippen molar-refractivity contribution in [3.63, 3.8) is 0 Å². The van der Waals surface area contributed by atoms with E-state index in [0.29, 0.717) is 9.53 Å². The first kappa shape index (κ1) is 10.2. The van der Waals surface area contributed by atoms with Gasteiger partial charge in [-0.3, -0.25) is 4.79 Å². The predicted octanol–water partition coefficient (Wildman–Crippen LogP) is 3.14. The first-order chi connectivity index (χ1) is 7.25. The highest BCUT2D eigenvalue weighted by atomic mass is 127. The molecular formula is C11H8INO2. The molecule has 0 saturated heterocycles. The van der Waals surface area contributed by atoms with Crippen LogP contribution in [0.1, 0.15) is 10.6 Å². The molecule has 2 rings (SSSR count). The van der Waals surface area contributed by atoms with Crippen LogP contribution in [0, 0.1) is 3.77 Å². The monoisotopic (exact) mass is 313 g/mol. The molecule has 0 radical (unpaired) electrons. The Kier molecular flexibility index (Phi) is 3.05. The number of hydrogen-bond acceptors (Lipinski definition) is 2. The maximum Gasteiger partial charge on any atom is 0.291 e. The van der Waals surface area contributed by atoms with Crippen molar-refractivity contribution in [1.29, 1.82) is 0 Å². The average molecular weight is 313 g/mol. The molecule has 1 heterocycles. The lowest BCUT2D eigenvalue weighted by atomic mass is 10.3. The third-order valence-corrected chi connectivity index (χ3v) is 2.41. The number of anilines is 1. The summed E-state index contributed by atoms with van der Waals surface area (Å²) in [6.45, 7) is 0. The van der Waals surface area contributed by atoms with E-state index in [9.17, 15) is 4.79 Å². The minimum atomic E-state index is -0.232. The van der Waals surface area contributed by atoms with Gasteiger partial charge in [0.25, 0.3) is 5.91 Å². The van der Waals surface area contributed by atoms with Crippen molar-refractivity contribution in [2.24, 2.45) is 0 Å². The van der Waals surface area contributed by atoms with Crippen molar-refractivity contribution in [1.82, 2.24) is 0 Å². The second-order valence-corrected chi connectivity index (χ2v) is 3.99. The Labute approximate surface area is 101 Å². The van der Waals surface area contributed by atoms with Crippen LogP contribution >= 0.6 is 22.6 Å². The van der Waals surface area contributed by atoms with E-state index in [4.69, 9.17) is 4.42 Å². The quantitative estimate of drug-likeness (QED) is 0.866. The van der Waals surface area contributed by atoms with Crippen LogP contribution in [0.3, 0.4) is 0 Å². The number of hydrogen-bond donors (Lipinski definition) is 1. The zero-order valence-electron chi connectivity index (χ0n) is 7.74. The van der Waals surface area contributed by atoms with Gasteiger partial charge in [-0.2, -0.15) is 0 Å². The van der Waals surface area contributed by atoms with Crippen molar-refractivity contribution >= 4 is 34.2 Å². The molecule has 1 aromatic heterocycles. The molecule has 0 aliphatic heterocycles. The van der Waals surface area contributed by atoms with Crippen LogP contribution < -0.4 is 5.32 Å². The van der Waals surface area contributed by atoms with Gasteiger partial charge in [0.05, 0.1) is 0 Å². The fourth-order valence-corrected chi connectivity index (χ4v) is 1.57.